The van der Waals surface area contributed by atoms with Crippen molar-refractivity contribution in [1.29, 1.82) is 0 Å². The predicted molar refractivity (Wildman–Crippen MR) is 72.8 cm³/mol. The Bertz CT molecular complexity index is 320. The maximum absolute atomic E-state index is 11.9. The largest absolute Gasteiger partial charge is 0.278 e. The molecule has 0 rings (SSSR count). The second kappa shape index (κ2) is 6.93. The molecule has 0 aromatic rings. The molecule has 2 N–H and O–H groups in total. The van der Waals surface area contributed by atoms with Crippen molar-refractivity contribution < 1.29 is 8.42 Å². The van der Waals surface area contributed by atoms with Gasteiger partial charge in [0.1, 0.15) is 0 Å². The van der Waals surface area contributed by atoms with Crippen LogP contribution in [-0.2, 0) is 10.2 Å². The second-order valence-electron chi connectivity index (χ2n) is 4.75. The molecular weight excluding hydrogens is 236 g/mol. The van der Waals surface area contributed by atoms with Crippen molar-refractivity contribution in [2.24, 2.45) is 11.8 Å². The minimum Gasteiger partial charge on any atom is -0.195 e. The number of hydrogen-bond donors (Lipinski definition) is 2. The van der Waals surface area contributed by atoms with Gasteiger partial charge in [-0.05, 0) is 11.8 Å². The minimum absolute atomic E-state index is 0.158. The highest BCUT2D eigenvalue weighted by atomic mass is 32.2. The molecule has 17 heavy (non-hydrogen) atoms. The van der Waals surface area contributed by atoms with Gasteiger partial charge in [0.25, 0.3) is 10.2 Å². The quantitative estimate of drug-likeness (QED) is 0.654. The van der Waals surface area contributed by atoms with Gasteiger partial charge < -0.3 is 0 Å². The summed E-state index contributed by atoms with van der Waals surface area (Å²) in [6.45, 7) is 15.0. The maximum atomic E-state index is 11.9. The van der Waals surface area contributed by atoms with E-state index in [1.807, 2.05) is 27.7 Å². The lowest BCUT2D eigenvalue weighted by atomic mass is 10.1. The van der Waals surface area contributed by atoms with Crippen LogP contribution in [0.1, 0.15) is 27.7 Å². The first kappa shape index (κ1) is 16.4. The summed E-state index contributed by atoms with van der Waals surface area (Å²) < 4.78 is 28.8. The minimum atomic E-state index is -3.54. The molecule has 0 bridgehead atoms. The molecule has 0 saturated carbocycles. The Morgan fingerprint density at radius 2 is 1.18 bits per heavy atom. The SMILES string of the molecule is C=CC(NS(=O)(=O)NC(C=C)C(C)C)C(C)C. The Hall–Kier alpha value is -0.650. The van der Waals surface area contributed by atoms with Crippen LogP contribution in [0.4, 0.5) is 0 Å². The van der Waals surface area contributed by atoms with Crippen LogP contribution in [0.15, 0.2) is 25.3 Å². The number of hydrogen-bond acceptors (Lipinski definition) is 2. The van der Waals surface area contributed by atoms with Gasteiger partial charge in [0.15, 0.2) is 0 Å². The Morgan fingerprint density at radius 1 is 0.882 bits per heavy atom. The molecule has 0 amide bonds. The fourth-order valence-corrected chi connectivity index (χ4v) is 2.83. The summed E-state index contributed by atoms with van der Waals surface area (Å²) in [7, 11) is -3.54. The van der Waals surface area contributed by atoms with E-state index in [1.165, 1.54) is 0 Å². The average Bonchev–Trinajstić information content (AvgIpc) is 2.22. The number of rotatable bonds is 8. The summed E-state index contributed by atoms with van der Waals surface area (Å²) in [5, 5.41) is 0. The molecule has 0 aliphatic rings. The zero-order chi connectivity index (χ0) is 13.6. The summed E-state index contributed by atoms with van der Waals surface area (Å²) in [6, 6.07) is -0.546. The van der Waals surface area contributed by atoms with Gasteiger partial charge in [-0.15, -0.1) is 13.2 Å². The first-order valence-corrected chi connectivity index (χ1v) is 7.26. The molecule has 0 saturated heterocycles. The molecule has 0 radical (unpaired) electrons. The van der Waals surface area contributed by atoms with Crippen LogP contribution in [0.3, 0.4) is 0 Å². The van der Waals surface area contributed by atoms with Gasteiger partial charge >= 0.3 is 0 Å². The van der Waals surface area contributed by atoms with Crippen molar-refractivity contribution >= 4 is 10.2 Å². The van der Waals surface area contributed by atoms with Crippen molar-refractivity contribution in [3.8, 4) is 0 Å². The van der Waals surface area contributed by atoms with Gasteiger partial charge in [-0.25, -0.2) is 0 Å². The van der Waals surface area contributed by atoms with E-state index in [1.54, 1.807) is 12.2 Å². The van der Waals surface area contributed by atoms with Crippen LogP contribution in [0.2, 0.25) is 0 Å². The van der Waals surface area contributed by atoms with Crippen LogP contribution in [-0.4, -0.2) is 20.5 Å². The molecular formula is C12H24N2O2S. The molecule has 0 heterocycles. The van der Waals surface area contributed by atoms with E-state index in [4.69, 9.17) is 0 Å². The highest BCUT2D eigenvalue weighted by Crippen LogP contribution is 2.06. The Balaban J connectivity index is 4.68. The van der Waals surface area contributed by atoms with Gasteiger partial charge in [0.2, 0.25) is 0 Å². The lowest BCUT2D eigenvalue weighted by Gasteiger charge is -2.23. The predicted octanol–water partition coefficient (Wildman–Crippen LogP) is 1.83. The normalized spacial score (nSPS) is 15.9. The topological polar surface area (TPSA) is 58.2 Å². The maximum Gasteiger partial charge on any atom is 0.278 e. The third-order valence-corrected chi connectivity index (χ3v) is 3.69. The van der Waals surface area contributed by atoms with E-state index in [-0.39, 0.29) is 23.9 Å². The highest BCUT2D eigenvalue weighted by molar-refractivity contribution is 7.87. The molecule has 0 aliphatic heterocycles. The third-order valence-electron chi connectivity index (χ3n) is 2.53. The molecule has 0 aromatic carbocycles. The Kier molecular flexibility index (Phi) is 6.67. The summed E-state index contributed by atoms with van der Waals surface area (Å²) in [5.41, 5.74) is 0. The van der Waals surface area contributed by atoms with Gasteiger partial charge in [-0.2, -0.15) is 17.9 Å². The van der Waals surface area contributed by atoms with Crippen molar-refractivity contribution in [2.75, 3.05) is 0 Å². The summed E-state index contributed by atoms with van der Waals surface area (Å²) in [5.74, 6) is 0.315. The van der Waals surface area contributed by atoms with Gasteiger partial charge in [0.05, 0.1) is 0 Å². The van der Waals surface area contributed by atoms with Crippen LogP contribution >= 0.6 is 0 Å². The van der Waals surface area contributed by atoms with Crippen molar-refractivity contribution in [3.63, 3.8) is 0 Å². The molecule has 2 atom stereocenters. The monoisotopic (exact) mass is 260 g/mol. The van der Waals surface area contributed by atoms with Crippen LogP contribution in [0.25, 0.3) is 0 Å². The van der Waals surface area contributed by atoms with E-state index < -0.39 is 10.2 Å². The van der Waals surface area contributed by atoms with Crippen molar-refractivity contribution in [2.45, 2.75) is 39.8 Å². The first-order valence-electron chi connectivity index (χ1n) is 5.78. The Morgan fingerprint density at radius 3 is 1.35 bits per heavy atom. The highest BCUT2D eigenvalue weighted by Gasteiger charge is 2.21. The summed E-state index contributed by atoms with van der Waals surface area (Å²) >= 11 is 0. The molecule has 0 fully saturated rings. The smallest absolute Gasteiger partial charge is 0.195 e. The van der Waals surface area contributed by atoms with Crippen molar-refractivity contribution in [3.05, 3.63) is 25.3 Å². The second-order valence-corrected chi connectivity index (χ2v) is 6.23. The van der Waals surface area contributed by atoms with E-state index in [9.17, 15) is 8.42 Å². The zero-order valence-electron chi connectivity index (χ0n) is 11.1. The van der Waals surface area contributed by atoms with E-state index in [2.05, 4.69) is 22.6 Å². The molecule has 4 nitrogen and oxygen atoms in total. The van der Waals surface area contributed by atoms with Gasteiger partial charge in [-0.1, -0.05) is 39.8 Å². The van der Waals surface area contributed by atoms with Crippen LogP contribution in [0, 0.1) is 11.8 Å². The number of nitrogens with one attached hydrogen (secondary N) is 2. The zero-order valence-corrected chi connectivity index (χ0v) is 11.9. The molecule has 0 aliphatic carbocycles. The van der Waals surface area contributed by atoms with Gasteiger partial charge in [0, 0.05) is 12.1 Å². The Labute approximate surface area is 105 Å². The molecule has 100 valence electrons. The van der Waals surface area contributed by atoms with E-state index in [0.29, 0.717) is 0 Å². The fourth-order valence-electron chi connectivity index (χ4n) is 1.31. The molecule has 0 aromatic heterocycles. The summed E-state index contributed by atoms with van der Waals surface area (Å²) in [6.07, 6.45) is 3.20. The van der Waals surface area contributed by atoms with E-state index >= 15 is 0 Å². The first-order chi connectivity index (χ1) is 7.73. The standard InChI is InChI=1S/C12H24N2O2S/c1-7-11(9(3)4)13-17(15,16)14-12(8-2)10(5)6/h7-14H,1-2H2,3-6H3. The van der Waals surface area contributed by atoms with Crippen LogP contribution < -0.4 is 9.44 Å². The average molecular weight is 260 g/mol. The van der Waals surface area contributed by atoms with E-state index in [0.717, 1.165) is 0 Å². The molecule has 2 unspecified atom stereocenters. The fraction of sp³-hybridized carbons (Fsp3) is 0.667. The van der Waals surface area contributed by atoms with Crippen LogP contribution in [0.5, 0.6) is 0 Å². The lowest BCUT2D eigenvalue weighted by Crippen LogP contribution is -2.48. The molecule has 0 spiro atoms. The summed E-state index contributed by atoms with van der Waals surface area (Å²) in [4.78, 5) is 0. The lowest BCUT2D eigenvalue weighted by molar-refractivity contribution is 0.477. The third kappa shape index (κ3) is 6.00. The van der Waals surface area contributed by atoms with Crippen molar-refractivity contribution in [1.82, 2.24) is 9.44 Å². The van der Waals surface area contributed by atoms with Gasteiger partial charge in [-0.3, -0.25) is 0 Å². The molecule has 5 heteroatoms.